The summed E-state index contributed by atoms with van der Waals surface area (Å²) < 4.78 is 63.7. The molecule has 4 rings (SSSR count). The second-order valence-corrected chi connectivity index (χ2v) is 7.77. The van der Waals surface area contributed by atoms with Gasteiger partial charge in [-0.2, -0.15) is 4.98 Å². The van der Waals surface area contributed by atoms with E-state index in [1.54, 1.807) is 6.92 Å². The van der Waals surface area contributed by atoms with Gasteiger partial charge in [-0.1, -0.05) is 11.6 Å². The van der Waals surface area contributed by atoms with Gasteiger partial charge in [0.25, 0.3) is 0 Å². The number of benzene rings is 2. The van der Waals surface area contributed by atoms with Gasteiger partial charge in [-0.05, 0) is 19.1 Å². The van der Waals surface area contributed by atoms with Gasteiger partial charge in [0.1, 0.15) is 37.0 Å². The molecule has 9 nitrogen and oxygen atoms in total. The zero-order chi connectivity index (χ0) is 26.0. The second kappa shape index (κ2) is 10.4. The van der Waals surface area contributed by atoms with E-state index < -0.39 is 30.6 Å². The van der Waals surface area contributed by atoms with E-state index in [-0.39, 0.29) is 57.2 Å². The lowest BCUT2D eigenvalue weighted by atomic mass is 10.2. The minimum Gasteiger partial charge on any atom is -0.496 e. The van der Waals surface area contributed by atoms with Crippen LogP contribution >= 0.6 is 11.6 Å². The van der Waals surface area contributed by atoms with Crippen molar-refractivity contribution in [3.63, 3.8) is 0 Å². The molecule has 0 aliphatic carbocycles. The lowest BCUT2D eigenvalue weighted by Crippen LogP contribution is -2.16. The quantitative estimate of drug-likeness (QED) is 0.348. The minimum absolute atomic E-state index is 0.0208. The molecule has 2 aromatic carbocycles. The van der Waals surface area contributed by atoms with Gasteiger partial charge in [-0.25, -0.2) is 27.5 Å². The van der Waals surface area contributed by atoms with Crippen molar-refractivity contribution in [1.82, 2.24) is 19.5 Å². The number of methoxy groups -OCH3 is 2. The summed E-state index contributed by atoms with van der Waals surface area (Å²) in [5, 5.41) is 0.0453. The van der Waals surface area contributed by atoms with E-state index in [2.05, 4.69) is 15.0 Å². The van der Waals surface area contributed by atoms with Crippen LogP contribution < -0.4 is 24.6 Å². The summed E-state index contributed by atoms with van der Waals surface area (Å²) in [4.78, 5) is 24.0. The number of nitrogens with zero attached hydrogens (tertiary/aromatic N) is 3. The predicted octanol–water partition coefficient (Wildman–Crippen LogP) is 4.29. The van der Waals surface area contributed by atoms with Crippen molar-refractivity contribution in [3.05, 3.63) is 62.8 Å². The highest BCUT2D eigenvalue weighted by Crippen LogP contribution is 2.37. The molecule has 0 radical (unpaired) electrons. The molecule has 4 aromatic rings. The average molecular weight is 525 g/mol. The third kappa shape index (κ3) is 4.63. The van der Waals surface area contributed by atoms with Gasteiger partial charge in [-0.15, -0.1) is 0 Å². The number of rotatable bonds is 9. The third-order valence-corrected chi connectivity index (χ3v) is 5.45. The van der Waals surface area contributed by atoms with Crippen LogP contribution in [-0.2, 0) is 6.61 Å². The normalized spacial score (nSPS) is 11.1. The Bertz CT molecular complexity index is 1490. The van der Waals surface area contributed by atoms with E-state index in [4.69, 9.17) is 30.5 Å². The van der Waals surface area contributed by atoms with Crippen LogP contribution in [0.25, 0.3) is 16.9 Å². The molecule has 190 valence electrons. The van der Waals surface area contributed by atoms with Crippen LogP contribution in [0, 0.1) is 18.6 Å². The number of nitrogens with one attached hydrogen (secondary N) is 1. The maximum Gasteiger partial charge on any atom is 0.332 e. The van der Waals surface area contributed by atoms with E-state index in [9.17, 15) is 18.0 Å². The fourth-order valence-corrected chi connectivity index (χ4v) is 3.79. The molecule has 0 atom stereocenters. The zero-order valence-corrected chi connectivity index (χ0v) is 20.1. The minimum atomic E-state index is -1.15. The van der Waals surface area contributed by atoms with Crippen molar-refractivity contribution < 1.29 is 32.1 Å². The monoisotopic (exact) mass is 524 g/mol. The SMILES string of the molecule is COc1ccc(F)c(F)c1COc1cc(-n2c(=O)[nH]c3c(OC)nc(C)nc32)c(Cl)cc1OCCF. The molecular weight excluding hydrogens is 505 g/mol. The van der Waals surface area contributed by atoms with Crippen molar-refractivity contribution in [2.24, 2.45) is 0 Å². The van der Waals surface area contributed by atoms with Crippen molar-refractivity contribution in [2.45, 2.75) is 13.5 Å². The van der Waals surface area contributed by atoms with E-state index in [1.807, 2.05) is 0 Å². The summed E-state index contributed by atoms with van der Waals surface area (Å²) in [5.74, 6) is -1.70. The Morgan fingerprint density at radius 1 is 1.06 bits per heavy atom. The van der Waals surface area contributed by atoms with Gasteiger partial charge in [0.15, 0.2) is 28.8 Å². The van der Waals surface area contributed by atoms with E-state index in [0.29, 0.717) is 5.82 Å². The van der Waals surface area contributed by atoms with Crippen LogP contribution in [0.1, 0.15) is 11.4 Å². The number of aromatic nitrogens is 4. The number of H-pyrrole nitrogens is 1. The molecule has 0 spiro atoms. The Kier molecular flexibility index (Phi) is 7.25. The highest BCUT2D eigenvalue weighted by atomic mass is 35.5. The fraction of sp³-hybridized carbons (Fsp3) is 0.261. The average Bonchev–Trinajstić information content (AvgIpc) is 3.19. The van der Waals surface area contributed by atoms with Crippen molar-refractivity contribution in [2.75, 3.05) is 27.5 Å². The first-order valence-electron chi connectivity index (χ1n) is 10.5. The van der Waals surface area contributed by atoms with Gasteiger partial charge in [0.05, 0.1) is 30.5 Å². The van der Waals surface area contributed by atoms with Crippen LogP contribution in [0.4, 0.5) is 13.2 Å². The van der Waals surface area contributed by atoms with Crippen LogP contribution in [-0.4, -0.2) is 47.0 Å². The number of hydrogen-bond donors (Lipinski definition) is 1. The Morgan fingerprint density at radius 3 is 2.50 bits per heavy atom. The smallest absolute Gasteiger partial charge is 0.332 e. The maximum absolute atomic E-state index is 14.4. The van der Waals surface area contributed by atoms with E-state index >= 15 is 0 Å². The van der Waals surface area contributed by atoms with E-state index in [1.165, 1.54) is 37.0 Å². The number of aryl methyl sites for hydroxylation is 1. The number of ether oxygens (including phenoxy) is 4. The van der Waals surface area contributed by atoms with Gasteiger partial charge >= 0.3 is 5.69 Å². The van der Waals surface area contributed by atoms with Crippen LogP contribution in [0.2, 0.25) is 5.02 Å². The molecule has 2 aromatic heterocycles. The fourth-order valence-electron chi connectivity index (χ4n) is 3.55. The molecule has 2 heterocycles. The Hall–Kier alpha value is -3.93. The van der Waals surface area contributed by atoms with Gasteiger partial charge in [-0.3, -0.25) is 4.98 Å². The van der Waals surface area contributed by atoms with Crippen molar-refractivity contribution in [1.29, 1.82) is 0 Å². The maximum atomic E-state index is 14.4. The summed E-state index contributed by atoms with van der Waals surface area (Å²) in [6.07, 6.45) is 0. The first-order chi connectivity index (χ1) is 17.3. The lowest BCUT2D eigenvalue weighted by molar-refractivity contribution is 0.238. The summed E-state index contributed by atoms with van der Waals surface area (Å²) in [6, 6.07) is 4.84. The Labute approximate surface area is 207 Å². The second-order valence-electron chi connectivity index (χ2n) is 7.36. The highest BCUT2D eigenvalue weighted by molar-refractivity contribution is 6.32. The van der Waals surface area contributed by atoms with E-state index in [0.717, 1.165) is 6.07 Å². The molecule has 0 unspecified atom stereocenters. The Morgan fingerprint density at radius 2 is 1.81 bits per heavy atom. The largest absolute Gasteiger partial charge is 0.496 e. The molecule has 0 bridgehead atoms. The molecule has 0 saturated heterocycles. The number of aromatic amines is 1. The van der Waals surface area contributed by atoms with Gasteiger partial charge in [0.2, 0.25) is 5.88 Å². The molecule has 0 amide bonds. The predicted molar refractivity (Wildman–Crippen MR) is 124 cm³/mol. The van der Waals surface area contributed by atoms with Crippen LogP contribution in [0.3, 0.4) is 0 Å². The summed E-state index contributed by atoms with van der Waals surface area (Å²) in [6.45, 7) is 0.0237. The standard InChI is InChI=1S/C23H20ClF3N4O5/c1-11-28-21-20(22(29-11)34-3)30-23(32)31(21)15-9-18(17(8-13(15)24)35-7-6-25)36-10-12-16(33-2)5-4-14(26)19(12)27/h4-5,8-9H,6-7,10H2,1-3H3,(H,30,32). The zero-order valence-electron chi connectivity index (χ0n) is 19.3. The molecular formula is C23H20ClF3N4O5. The van der Waals surface area contributed by atoms with Crippen LogP contribution in [0.5, 0.6) is 23.1 Å². The van der Waals surface area contributed by atoms with Crippen LogP contribution in [0.15, 0.2) is 29.1 Å². The van der Waals surface area contributed by atoms with Gasteiger partial charge < -0.3 is 18.9 Å². The molecule has 0 saturated carbocycles. The molecule has 0 fully saturated rings. The molecule has 36 heavy (non-hydrogen) atoms. The summed E-state index contributed by atoms with van der Waals surface area (Å²) in [5.41, 5.74) is -0.264. The summed E-state index contributed by atoms with van der Waals surface area (Å²) >= 11 is 6.46. The Balaban J connectivity index is 1.84. The highest BCUT2D eigenvalue weighted by Gasteiger charge is 2.22. The topological polar surface area (TPSA) is 100 Å². The number of alkyl halides is 1. The number of fused-ring (bicyclic) bond motifs is 1. The number of halogens is 4. The molecule has 0 aliphatic heterocycles. The molecule has 13 heteroatoms. The number of imidazole rings is 1. The lowest BCUT2D eigenvalue weighted by Gasteiger charge is -2.17. The molecule has 1 N–H and O–H groups in total. The number of hydrogen-bond acceptors (Lipinski definition) is 7. The van der Waals surface area contributed by atoms with Gasteiger partial charge in [0, 0.05) is 12.1 Å². The third-order valence-electron chi connectivity index (χ3n) is 5.14. The first-order valence-corrected chi connectivity index (χ1v) is 10.9. The molecule has 0 aliphatic rings. The first kappa shape index (κ1) is 25.2. The van der Waals surface area contributed by atoms with Crippen molar-refractivity contribution >= 4 is 22.8 Å². The summed E-state index contributed by atoms with van der Waals surface area (Å²) in [7, 11) is 2.69. The van der Waals surface area contributed by atoms with Crippen molar-refractivity contribution in [3.8, 4) is 28.8 Å².